The molecule has 2 nitrogen and oxygen atoms in total. The molecular formula is C17H36N2. The zero-order valence-corrected chi connectivity index (χ0v) is 13.3. The molecule has 0 amide bonds. The molecule has 0 aromatic carbocycles. The van der Waals surface area contributed by atoms with Gasteiger partial charge in [-0.1, -0.05) is 78.1 Å². The second-order valence-corrected chi connectivity index (χ2v) is 6.61. The third-order valence-electron chi connectivity index (χ3n) is 5.03. The molecule has 3 unspecified atom stereocenters. The van der Waals surface area contributed by atoms with Gasteiger partial charge in [-0.3, -0.25) is 11.3 Å². The molecule has 3 atom stereocenters. The highest BCUT2D eigenvalue weighted by atomic mass is 15.2. The number of hydrogen-bond acceptors (Lipinski definition) is 2. The Balaban J connectivity index is 2.00. The second kappa shape index (κ2) is 10.7. The molecule has 0 saturated heterocycles. The van der Waals surface area contributed by atoms with Crippen LogP contribution < -0.4 is 11.3 Å². The van der Waals surface area contributed by atoms with Gasteiger partial charge in [0.05, 0.1) is 0 Å². The number of hydrazine groups is 1. The van der Waals surface area contributed by atoms with Crippen LogP contribution in [-0.2, 0) is 0 Å². The molecule has 0 spiro atoms. The first-order valence-corrected chi connectivity index (χ1v) is 8.75. The first kappa shape index (κ1) is 17.0. The van der Waals surface area contributed by atoms with Gasteiger partial charge in [-0.05, 0) is 24.7 Å². The molecule has 114 valence electrons. The van der Waals surface area contributed by atoms with Gasteiger partial charge in [0.1, 0.15) is 0 Å². The maximum atomic E-state index is 5.76. The summed E-state index contributed by atoms with van der Waals surface area (Å²) in [5.41, 5.74) is 3.09. The standard InChI is InChI=1S/C17H36N2/c1-3-4-5-6-7-8-9-10-14-17(19-18)16-13-11-12-15(16)2/h15-17,19H,3-14,18H2,1-2H3. The summed E-state index contributed by atoms with van der Waals surface area (Å²) in [6.45, 7) is 4.68. The Labute approximate surface area is 120 Å². The zero-order chi connectivity index (χ0) is 13.9. The fraction of sp³-hybridized carbons (Fsp3) is 1.00. The van der Waals surface area contributed by atoms with Crippen molar-refractivity contribution in [2.24, 2.45) is 17.7 Å². The van der Waals surface area contributed by atoms with Crippen molar-refractivity contribution in [1.29, 1.82) is 0 Å². The Morgan fingerprint density at radius 3 is 2.16 bits per heavy atom. The van der Waals surface area contributed by atoms with Crippen LogP contribution >= 0.6 is 0 Å². The van der Waals surface area contributed by atoms with Crippen molar-refractivity contribution in [2.45, 2.75) is 96.9 Å². The monoisotopic (exact) mass is 268 g/mol. The van der Waals surface area contributed by atoms with Crippen LogP contribution in [0.15, 0.2) is 0 Å². The van der Waals surface area contributed by atoms with E-state index < -0.39 is 0 Å². The van der Waals surface area contributed by atoms with Gasteiger partial charge in [0.2, 0.25) is 0 Å². The minimum Gasteiger partial charge on any atom is -0.271 e. The smallest absolute Gasteiger partial charge is 0.0241 e. The van der Waals surface area contributed by atoms with Gasteiger partial charge in [0.25, 0.3) is 0 Å². The molecule has 19 heavy (non-hydrogen) atoms. The molecule has 2 heteroatoms. The lowest BCUT2D eigenvalue weighted by atomic mass is 9.87. The quantitative estimate of drug-likeness (QED) is 0.321. The number of nitrogens with two attached hydrogens (primary N) is 1. The summed E-state index contributed by atoms with van der Waals surface area (Å²) in [7, 11) is 0. The summed E-state index contributed by atoms with van der Waals surface area (Å²) >= 11 is 0. The van der Waals surface area contributed by atoms with Crippen molar-refractivity contribution in [3.63, 3.8) is 0 Å². The summed E-state index contributed by atoms with van der Waals surface area (Å²) in [5.74, 6) is 7.46. The average molecular weight is 268 g/mol. The Morgan fingerprint density at radius 2 is 1.63 bits per heavy atom. The number of hydrogen-bond donors (Lipinski definition) is 2. The molecule has 0 bridgehead atoms. The van der Waals surface area contributed by atoms with E-state index in [2.05, 4.69) is 19.3 Å². The Bertz CT molecular complexity index is 205. The van der Waals surface area contributed by atoms with E-state index >= 15 is 0 Å². The third-order valence-corrected chi connectivity index (χ3v) is 5.03. The van der Waals surface area contributed by atoms with Crippen LogP contribution in [0.4, 0.5) is 0 Å². The van der Waals surface area contributed by atoms with Crippen molar-refractivity contribution < 1.29 is 0 Å². The van der Waals surface area contributed by atoms with E-state index in [-0.39, 0.29) is 0 Å². The van der Waals surface area contributed by atoms with Crippen LogP contribution in [0, 0.1) is 11.8 Å². The van der Waals surface area contributed by atoms with Gasteiger partial charge in [0.15, 0.2) is 0 Å². The second-order valence-electron chi connectivity index (χ2n) is 6.61. The Morgan fingerprint density at radius 1 is 1.00 bits per heavy atom. The molecule has 0 aromatic rings. The fourth-order valence-electron chi connectivity index (χ4n) is 3.69. The van der Waals surface area contributed by atoms with Gasteiger partial charge >= 0.3 is 0 Å². The Kier molecular flexibility index (Phi) is 9.54. The number of rotatable bonds is 11. The molecule has 3 N–H and O–H groups in total. The lowest BCUT2D eigenvalue weighted by Gasteiger charge is -2.26. The Hall–Kier alpha value is -0.0800. The topological polar surface area (TPSA) is 38.0 Å². The maximum absolute atomic E-state index is 5.76. The van der Waals surface area contributed by atoms with E-state index in [0.29, 0.717) is 6.04 Å². The molecule has 1 saturated carbocycles. The highest BCUT2D eigenvalue weighted by molar-refractivity contribution is 4.83. The summed E-state index contributed by atoms with van der Waals surface area (Å²) in [6.07, 6.45) is 16.7. The lowest BCUT2D eigenvalue weighted by molar-refractivity contribution is 0.279. The van der Waals surface area contributed by atoms with E-state index in [1.54, 1.807) is 0 Å². The van der Waals surface area contributed by atoms with Crippen molar-refractivity contribution in [1.82, 2.24) is 5.43 Å². The van der Waals surface area contributed by atoms with Gasteiger partial charge in [-0.15, -0.1) is 0 Å². The molecule has 0 heterocycles. The van der Waals surface area contributed by atoms with E-state index in [9.17, 15) is 0 Å². The van der Waals surface area contributed by atoms with Gasteiger partial charge in [-0.2, -0.15) is 0 Å². The molecule has 0 aromatic heterocycles. The zero-order valence-electron chi connectivity index (χ0n) is 13.3. The van der Waals surface area contributed by atoms with Gasteiger partial charge < -0.3 is 0 Å². The fourth-order valence-corrected chi connectivity index (χ4v) is 3.69. The molecule has 1 fully saturated rings. The predicted molar refractivity (Wildman–Crippen MR) is 84.8 cm³/mol. The van der Waals surface area contributed by atoms with Crippen molar-refractivity contribution in [2.75, 3.05) is 0 Å². The highest BCUT2D eigenvalue weighted by Crippen LogP contribution is 2.34. The van der Waals surface area contributed by atoms with Crippen molar-refractivity contribution in [3.05, 3.63) is 0 Å². The SMILES string of the molecule is CCCCCCCCCCC(NN)C1CCCC1C. The average Bonchev–Trinajstić information content (AvgIpc) is 2.83. The van der Waals surface area contributed by atoms with Gasteiger partial charge in [0, 0.05) is 6.04 Å². The summed E-state index contributed by atoms with van der Waals surface area (Å²) in [4.78, 5) is 0. The molecule has 1 aliphatic carbocycles. The lowest BCUT2D eigenvalue weighted by Crippen LogP contribution is -2.41. The predicted octanol–water partition coefficient (Wildman–Crippen LogP) is 4.79. The highest BCUT2D eigenvalue weighted by Gasteiger charge is 2.29. The molecule has 0 radical (unpaired) electrons. The normalized spacial score (nSPS) is 24.8. The van der Waals surface area contributed by atoms with Crippen LogP contribution in [-0.4, -0.2) is 6.04 Å². The molecule has 0 aliphatic heterocycles. The van der Waals surface area contributed by atoms with Crippen LogP contribution in [0.5, 0.6) is 0 Å². The minimum atomic E-state index is 0.567. The molecular weight excluding hydrogens is 232 g/mol. The molecule has 1 aliphatic rings. The first-order chi connectivity index (χ1) is 9.29. The van der Waals surface area contributed by atoms with E-state index in [1.165, 1.54) is 77.0 Å². The molecule has 1 rings (SSSR count). The van der Waals surface area contributed by atoms with Crippen LogP contribution in [0.1, 0.15) is 90.9 Å². The summed E-state index contributed by atoms with van der Waals surface area (Å²) in [6, 6.07) is 0.567. The van der Waals surface area contributed by atoms with Crippen molar-refractivity contribution >= 4 is 0 Å². The summed E-state index contributed by atoms with van der Waals surface area (Å²) in [5, 5.41) is 0. The minimum absolute atomic E-state index is 0.567. The van der Waals surface area contributed by atoms with Crippen molar-refractivity contribution in [3.8, 4) is 0 Å². The van der Waals surface area contributed by atoms with E-state index in [1.807, 2.05) is 0 Å². The number of nitrogens with one attached hydrogen (secondary N) is 1. The van der Waals surface area contributed by atoms with Gasteiger partial charge in [-0.25, -0.2) is 0 Å². The van der Waals surface area contributed by atoms with Crippen LogP contribution in [0.3, 0.4) is 0 Å². The summed E-state index contributed by atoms with van der Waals surface area (Å²) < 4.78 is 0. The number of unbranched alkanes of at least 4 members (excludes halogenated alkanes) is 7. The first-order valence-electron chi connectivity index (χ1n) is 8.75. The van der Waals surface area contributed by atoms with E-state index in [0.717, 1.165) is 11.8 Å². The largest absolute Gasteiger partial charge is 0.271 e. The maximum Gasteiger partial charge on any atom is 0.0241 e. The third kappa shape index (κ3) is 6.76. The van der Waals surface area contributed by atoms with Crippen LogP contribution in [0.2, 0.25) is 0 Å². The van der Waals surface area contributed by atoms with Crippen LogP contribution in [0.25, 0.3) is 0 Å². The van der Waals surface area contributed by atoms with E-state index in [4.69, 9.17) is 5.84 Å².